The van der Waals surface area contributed by atoms with E-state index in [-0.39, 0.29) is 0 Å². The van der Waals surface area contributed by atoms with Gasteiger partial charge in [0.15, 0.2) is 0 Å². The van der Waals surface area contributed by atoms with E-state index in [0.29, 0.717) is 18.0 Å². The first-order valence-corrected chi connectivity index (χ1v) is 10.4. The molecule has 0 radical (unpaired) electrons. The number of amides is 1. The van der Waals surface area contributed by atoms with E-state index < -0.39 is 5.91 Å². The molecule has 154 valence electrons. The number of morpholine rings is 1. The lowest BCUT2D eigenvalue weighted by atomic mass is 10.0. The van der Waals surface area contributed by atoms with Crippen LogP contribution < -0.4 is 21.3 Å². The van der Waals surface area contributed by atoms with Crippen LogP contribution in [0.25, 0.3) is 0 Å². The van der Waals surface area contributed by atoms with Gasteiger partial charge in [-0.3, -0.25) is 9.78 Å². The minimum absolute atomic E-state index is 0.345. The van der Waals surface area contributed by atoms with Crippen LogP contribution >= 0.6 is 0 Å². The van der Waals surface area contributed by atoms with E-state index in [1.54, 1.807) is 6.20 Å². The summed E-state index contributed by atoms with van der Waals surface area (Å²) in [6.45, 7) is 5.39. The predicted octanol–water partition coefficient (Wildman–Crippen LogP) is 1.77. The van der Waals surface area contributed by atoms with E-state index >= 15 is 0 Å². The quantitative estimate of drug-likeness (QED) is 0.690. The number of nitrogens with zero attached hydrogens (tertiary/aromatic N) is 2. The Bertz CT molecular complexity index is 828. The Balaban J connectivity index is 1.47. The maximum absolute atomic E-state index is 11.8. The number of nitrogens with two attached hydrogens (primary N) is 1. The maximum atomic E-state index is 11.8. The van der Waals surface area contributed by atoms with Crippen molar-refractivity contribution < 1.29 is 9.53 Å². The molecule has 2 aliphatic rings. The molecule has 1 amide bonds. The van der Waals surface area contributed by atoms with Crippen molar-refractivity contribution in [3.63, 3.8) is 0 Å². The maximum Gasteiger partial charge on any atom is 0.252 e. The van der Waals surface area contributed by atoms with Crippen molar-refractivity contribution >= 4 is 17.3 Å². The molecule has 7 nitrogen and oxygen atoms in total. The molecular weight excluding hydrogens is 366 g/mol. The normalized spacial score (nSPS) is 17.9. The topological polar surface area (TPSA) is 92.5 Å². The Hall–Kier alpha value is -2.64. The van der Waals surface area contributed by atoms with Gasteiger partial charge in [0.05, 0.1) is 24.5 Å². The van der Waals surface area contributed by atoms with E-state index in [0.717, 1.165) is 63.6 Å². The largest absolute Gasteiger partial charge is 0.381 e. The second kappa shape index (κ2) is 9.24. The Labute approximate surface area is 171 Å². The van der Waals surface area contributed by atoms with Gasteiger partial charge in [-0.2, -0.15) is 0 Å². The standard InChI is InChI=1S/C22H29N5O2/c23-22(28)20-15-25-18(14-21(20)26-17-5-7-24-8-6-17)13-16-1-3-19(4-2-16)27-9-11-29-12-10-27/h1-4,14-15,17,24H,5-13H2,(H2,23,28)(H,25,26). The number of aromatic nitrogens is 1. The molecule has 0 atom stereocenters. The molecule has 2 saturated heterocycles. The Morgan fingerprint density at radius 1 is 1.21 bits per heavy atom. The molecule has 0 saturated carbocycles. The van der Waals surface area contributed by atoms with Crippen LogP contribution in [0.1, 0.15) is 34.5 Å². The van der Waals surface area contributed by atoms with Crippen molar-refractivity contribution in [3.05, 3.63) is 53.3 Å². The highest BCUT2D eigenvalue weighted by Gasteiger charge is 2.17. The van der Waals surface area contributed by atoms with Crippen LogP contribution in [0.4, 0.5) is 11.4 Å². The van der Waals surface area contributed by atoms with E-state index in [2.05, 4.69) is 44.8 Å². The van der Waals surface area contributed by atoms with E-state index in [4.69, 9.17) is 10.5 Å². The molecule has 7 heteroatoms. The van der Waals surface area contributed by atoms with Gasteiger partial charge in [0.2, 0.25) is 0 Å². The third-order valence-corrected chi connectivity index (χ3v) is 5.62. The lowest BCUT2D eigenvalue weighted by molar-refractivity contribution is 0.100. The number of hydrogen-bond acceptors (Lipinski definition) is 6. The molecule has 2 aromatic rings. The number of primary amides is 1. The van der Waals surface area contributed by atoms with Crippen molar-refractivity contribution in [2.24, 2.45) is 5.73 Å². The summed E-state index contributed by atoms with van der Waals surface area (Å²) in [5.41, 5.74) is 10.1. The van der Waals surface area contributed by atoms with Crippen molar-refractivity contribution in [3.8, 4) is 0 Å². The van der Waals surface area contributed by atoms with E-state index in [1.165, 1.54) is 11.3 Å². The number of rotatable bonds is 6. The number of nitrogens with one attached hydrogen (secondary N) is 2. The zero-order valence-electron chi connectivity index (χ0n) is 16.7. The summed E-state index contributed by atoms with van der Waals surface area (Å²) in [6, 6.07) is 10.9. The highest BCUT2D eigenvalue weighted by atomic mass is 16.5. The minimum Gasteiger partial charge on any atom is -0.381 e. The van der Waals surface area contributed by atoms with Crippen molar-refractivity contribution in [1.29, 1.82) is 0 Å². The molecule has 29 heavy (non-hydrogen) atoms. The lowest BCUT2D eigenvalue weighted by Crippen LogP contribution is -2.36. The Morgan fingerprint density at radius 2 is 1.93 bits per heavy atom. The van der Waals surface area contributed by atoms with Gasteiger partial charge in [0.25, 0.3) is 5.91 Å². The van der Waals surface area contributed by atoms with Crippen LogP contribution in [0.5, 0.6) is 0 Å². The summed E-state index contributed by atoms with van der Waals surface area (Å²) in [5.74, 6) is -0.449. The van der Waals surface area contributed by atoms with Gasteiger partial charge >= 0.3 is 0 Å². The molecule has 2 fully saturated rings. The Kier molecular flexibility index (Phi) is 6.27. The fourth-order valence-electron chi connectivity index (χ4n) is 3.95. The van der Waals surface area contributed by atoms with Crippen LogP contribution in [-0.4, -0.2) is 56.3 Å². The average Bonchev–Trinajstić information content (AvgIpc) is 2.76. The number of ether oxygens (including phenoxy) is 1. The van der Waals surface area contributed by atoms with E-state index in [1.807, 2.05) is 6.07 Å². The number of anilines is 2. The third kappa shape index (κ3) is 5.05. The van der Waals surface area contributed by atoms with Gasteiger partial charge in [0, 0.05) is 43.1 Å². The lowest BCUT2D eigenvalue weighted by Gasteiger charge is -2.28. The third-order valence-electron chi connectivity index (χ3n) is 5.62. The summed E-state index contributed by atoms with van der Waals surface area (Å²) in [6.07, 6.45) is 4.37. The summed E-state index contributed by atoms with van der Waals surface area (Å²) < 4.78 is 5.42. The summed E-state index contributed by atoms with van der Waals surface area (Å²) >= 11 is 0. The first-order valence-electron chi connectivity index (χ1n) is 10.4. The van der Waals surface area contributed by atoms with Gasteiger partial charge < -0.3 is 26.0 Å². The van der Waals surface area contributed by atoms with Gasteiger partial charge in [-0.1, -0.05) is 12.1 Å². The fourth-order valence-corrected chi connectivity index (χ4v) is 3.95. The summed E-state index contributed by atoms with van der Waals surface area (Å²) in [5, 5.41) is 6.87. The molecule has 0 spiro atoms. The first kappa shape index (κ1) is 19.7. The van der Waals surface area contributed by atoms with Crippen LogP contribution in [0.15, 0.2) is 36.5 Å². The second-order valence-corrected chi connectivity index (χ2v) is 7.70. The van der Waals surface area contributed by atoms with Crippen molar-refractivity contribution in [2.75, 3.05) is 49.6 Å². The van der Waals surface area contributed by atoms with Gasteiger partial charge in [-0.05, 0) is 49.7 Å². The number of benzene rings is 1. The average molecular weight is 396 g/mol. The fraction of sp³-hybridized carbons (Fsp3) is 0.455. The number of carbonyl (C=O) groups excluding carboxylic acids is 1. The molecule has 4 rings (SSSR count). The number of carbonyl (C=O) groups is 1. The van der Waals surface area contributed by atoms with Gasteiger partial charge in [0.1, 0.15) is 0 Å². The van der Waals surface area contributed by atoms with Crippen LogP contribution in [0, 0.1) is 0 Å². The monoisotopic (exact) mass is 395 g/mol. The van der Waals surface area contributed by atoms with Crippen LogP contribution in [0.3, 0.4) is 0 Å². The van der Waals surface area contributed by atoms with Crippen molar-refractivity contribution in [1.82, 2.24) is 10.3 Å². The molecular formula is C22H29N5O2. The zero-order valence-corrected chi connectivity index (χ0v) is 16.7. The molecule has 3 heterocycles. The first-order chi connectivity index (χ1) is 14.2. The summed E-state index contributed by atoms with van der Waals surface area (Å²) in [7, 11) is 0. The number of hydrogen-bond donors (Lipinski definition) is 3. The predicted molar refractivity (Wildman–Crippen MR) is 115 cm³/mol. The molecule has 4 N–H and O–H groups in total. The van der Waals surface area contributed by atoms with Gasteiger partial charge in [-0.25, -0.2) is 0 Å². The Morgan fingerprint density at radius 3 is 2.62 bits per heavy atom. The SMILES string of the molecule is NC(=O)c1cnc(Cc2ccc(N3CCOCC3)cc2)cc1NC1CCNCC1. The van der Waals surface area contributed by atoms with Crippen LogP contribution in [0.2, 0.25) is 0 Å². The highest BCUT2D eigenvalue weighted by Crippen LogP contribution is 2.22. The molecule has 0 aliphatic carbocycles. The smallest absolute Gasteiger partial charge is 0.252 e. The molecule has 1 aromatic carbocycles. The molecule has 0 bridgehead atoms. The van der Waals surface area contributed by atoms with Crippen LogP contribution in [-0.2, 0) is 11.2 Å². The highest BCUT2D eigenvalue weighted by molar-refractivity contribution is 5.98. The second-order valence-electron chi connectivity index (χ2n) is 7.70. The number of pyridine rings is 1. The van der Waals surface area contributed by atoms with Crippen molar-refractivity contribution in [2.45, 2.75) is 25.3 Å². The molecule has 0 unspecified atom stereocenters. The number of piperidine rings is 1. The molecule has 2 aliphatic heterocycles. The zero-order chi connectivity index (χ0) is 20.1. The summed E-state index contributed by atoms with van der Waals surface area (Å²) in [4.78, 5) is 18.7. The minimum atomic E-state index is -0.449. The molecule has 1 aromatic heterocycles. The van der Waals surface area contributed by atoms with E-state index in [9.17, 15) is 4.79 Å². The van der Waals surface area contributed by atoms with Gasteiger partial charge in [-0.15, -0.1) is 0 Å².